The van der Waals surface area contributed by atoms with Crippen molar-refractivity contribution in [3.8, 4) is 0 Å². The van der Waals surface area contributed by atoms with Gasteiger partial charge in [-0.25, -0.2) is 0 Å². The molecule has 0 heterocycles. The SMILES string of the molecule is CC(C)=O.CCCO.CCO.CO. The van der Waals surface area contributed by atoms with Gasteiger partial charge in [-0.05, 0) is 27.2 Å². The Morgan fingerprint density at radius 1 is 1.08 bits per heavy atom. The summed E-state index contributed by atoms with van der Waals surface area (Å²) in [6.45, 7) is 7.24. The summed E-state index contributed by atoms with van der Waals surface area (Å²) in [5.74, 6) is 0.167. The van der Waals surface area contributed by atoms with Gasteiger partial charge in [0.2, 0.25) is 0 Å². The van der Waals surface area contributed by atoms with Gasteiger partial charge in [-0.3, -0.25) is 0 Å². The summed E-state index contributed by atoms with van der Waals surface area (Å²) in [7, 11) is 1.00. The smallest absolute Gasteiger partial charge is 0.126 e. The van der Waals surface area contributed by atoms with Gasteiger partial charge in [0.15, 0.2) is 0 Å². The largest absolute Gasteiger partial charge is 0.400 e. The van der Waals surface area contributed by atoms with Crippen LogP contribution in [0.5, 0.6) is 0 Å². The van der Waals surface area contributed by atoms with Gasteiger partial charge in [-0.2, -0.15) is 0 Å². The molecule has 0 aliphatic heterocycles. The van der Waals surface area contributed by atoms with Crippen molar-refractivity contribution in [1.82, 2.24) is 0 Å². The molecule has 0 aromatic carbocycles. The van der Waals surface area contributed by atoms with Crippen LogP contribution in [0.4, 0.5) is 0 Å². The number of rotatable bonds is 1. The van der Waals surface area contributed by atoms with Crippen molar-refractivity contribution in [2.45, 2.75) is 34.1 Å². The van der Waals surface area contributed by atoms with Crippen molar-refractivity contribution in [2.75, 3.05) is 20.3 Å². The summed E-state index contributed by atoms with van der Waals surface area (Å²) >= 11 is 0. The van der Waals surface area contributed by atoms with Crippen LogP contribution in [-0.2, 0) is 4.79 Å². The number of aliphatic hydroxyl groups is 3. The average Bonchev–Trinajstić information content (AvgIpc) is 2.08. The average molecular weight is 196 g/mol. The lowest BCUT2D eigenvalue weighted by atomic mass is 10.5. The fourth-order valence-electron chi connectivity index (χ4n) is 0. The van der Waals surface area contributed by atoms with E-state index in [1.165, 1.54) is 13.8 Å². The van der Waals surface area contributed by atoms with Gasteiger partial charge < -0.3 is 20.1 Å². The van der Waals surface area contributed by atoms with Crippen LogP contribution in [0.2, 0.25) is 0 Å². The van der Waals surface area contributed by atoms with Crippen molar-refractivity contribution in [3.05, 3.63) is 0 Å². The highest BCUT2D eigenvalue weighted by molar-refractivity contribution is 5.72. The summed E-state index contributed by atoms with van der Waals surface area (Å²) in [6, 6.07) is 0. The number of ketones is 1. The first-order valence-corrected chi connectivity index (χ1v) is 4.20. The molecule has 3 N–H and O–H groups in total. The number of aliphatic hydroxyl groups excluding tert-OH is 3. The van der Waals surface area contributed by atoms with E-state index in [4.69, 9.17) is 15.3 Å². The van der Waals surface area contributed by atoms with Crippen molar-refractivity contribution in [2.24, 2.45) is 0 Å². The molecule has 0 aromatic heterocycles. The molecule has 13 heavy (non-hydrogen) atoms. The van der Waals surface area contributed by atoms with E-state index in [2.05, 4.69) is 0 Å². The second kappa shape index (κ2) is 41.7. The third-order valence-electron chi connectivity index (χ3n) is 0.224. The molecule has 0 spiro atoms. The van der Waals surface area contributed by atoms with Crippen LogP contribution < -0.4 is 0 Å². The van der Waals surface area contributed by atoms with Crippen LogP contribution in [-0.4, -0.2) is 41.4 Å². The monoisotopic (exact) mass is 196 g/mol. The molecule has 0 atom stereocenters. The summed E-state index contributed by atoms with van der Waals surface area (Å²) in [5.41, 5.74) is 0. The number of carbonyl (C=O) groups is 1. The highest BCUT2D eigenvalue weighted by atomic mass is 16.3. The topological polar surface area (TPSA) is 77.8 Å². The van der Waals surface area contributed by atoms with Crippen molar-refractivity contribution < 1.29 is 20.1 Å². The number of Topliss-reactive ketones (excluding diaryl/α,β-unsaturated/α-hetero) is 1. The summed E-state index contributed by atoms with van der Waals surface area (Å²) < 4.78 is 0. The third-order valence-corrected chi connectivity index (χ3v) is 0.224. The van der Waals surface area contributed by atoms with Gasteiger partial charge in [0, 0.05) is 20.3 Å². The fraction of sp³-hybridized carbons (Fsp3) is 0.889. The summed E-state index contributed by atoms with van der Waals surface area (Å²) in [5, 5.41) is 22.4. The van der Waals surface area contributed by atoms with Crippen molar-refractivity contribution in [1.29, 1.82) is 0 Å². The maximum absolute atomic E-state index is 9.44. The molecular formula is C9H24O4. The summed E-state index contributed by atoms with van der Waals surface area (Å²) in [4.78, 5) is 9.44. The van der Waals surface area contributed by atoms with Crippen molar-refractivity contribution >= 4 is 5.78 Å². The quantitative estimate of drug-likeness (QED) is 0.573. The Morgan fingerprint density at radius 2 is 1.15 bits per heavy atom. The van der Waals surface area contributed by atoms with Gasteiger partial charge in [0.25, 0.3) is 0 Å². The lowest BCUT2D eigenvalue weighted by Gasteiger charge is -1.69. The van der Waals surface area contributed by atoms with E-state index in [9.17, 15) is 4.79 Å². The minimum Gasteiger partial charge on any atom is -0.400 e. The van der Waals surface area contributed by atoms with Gasteiger partial charge in [-0.15, -0.1) is 0 Å². The number of carbonyl (C=O) groups excluding carboxylic acids is 1. The van der Waals surface area contributed by atoms with Crippen LogP contribution in [0, 0.1) is 0 Å². The molecular weight excluding hydrogens is 172 g/mol. The van der Waals surface area contributed by atoms with Crippen LogP contribution in [0.15, 0.2) is 0 Å². The van der Waals surface area contributed by atoms with Gasteiger partial charge >= 0.3 is 0 Å². The van der Waals surface area contributed by atoms with Gasteiger partial charge in [0.05, 0.1) is 0 Å². The van der Waals surface area contributed by atoms with Crippen LogP contribution >= 0.6 is 0 Å². The summed E-state index contributed by atoms with van der Waals surface area (Å²) in [6.07, 6.45) is 0.875. The van der Waals surface area contributed by atoms with Gasteiger partial charge in [-0.1, -0.05) is 6.92 Å². The van der Waals surface area contributed by atoms with E-state index in [0.717, 1.165) is 13.5 Å². The minimum atomic E-state index is 0.167. The normalized spacial score (nSPS) is 6.15. The maximum Gasteiger partial charge on any atom is 0.126 e. The van der Waals surface area contributed by atoms with E-state index in [1.54, 1.807) is 6.92 Å². The predicted molar refractivity (Wildman–Crippen MR) is 54.6 cm³/mol. The Morgan fingerprint density at radius 3 is 1.15 bits per heavy atom. The Bertz CT molecular complexity index is 58.6. The molecule has 0 fully saturated rings. The molecule has 0 aliphatic carbocycles. The number of hydrogen-bond acceptors (Lipinski definition) is 4. The van der Waals surface area contributed by atoms with Crippen LogP contribution in [0.1, 0.15) is 34.1 Å². The predicted octanol–water partition coefficient (Wildman–Crippen LogP) is 0.591. The molecule has 0 unspecified atom stereocenters. The fourth-order valence-corrected chi connectivity index (χ4v) is 0. The Labute approximate surface area is 81.2 Å². The molecule has 0 bridgehead atoms. The van der Waals surface area contributed by atoms with Crippen molar-refractivity contribution in [3.63, 3.8) is 0 Å². The Kier molecular flexibility index (Phi) is 73.5. The molecule has 4 nitrogen and oxygen atoms in total. The second-order valence-electron chi connectivity index (χ2n) is 1.95. The van der Waals surface area contributed by atoms with E-state index in [1.807, 2.05) is 6.92 Å². The molecule has 0 rings (SSSR count). The third kappa shape index (κ3) is 3480. The van der Waals surface area contributed by atoms with Crippen LogP contribution in [0.25, 0.3) is 0 Å². The molecule has 4 heteroatoms. The highest BCUT2D eigenvalue weighted by Crippen LogP contribution is 1.61. The van der Waals surface area contributed by atoms with Crippen LogP contribution in [0.3, 0.4) is 0 Å². The minimum absolute atomic E-state index is 0.167. The molecule has 0 aliphatic rings. The van der Waals surface area contributed by atoms with E-state index in [-0.39, 0.29) is 12.4 Å². The Balaban J connectivity index is -0.0000000431. The first-order chi connectivity index (χ1) is 6.06. The lowest BCUT2D eigenvalue weighted by Crippen LogP contribution is -1.69. The zero-order valence-corrected chi connectivity index (χ0v) is 9.37. The number of hydrogen-bond donors (Lipinski definition) is 3. The zero-order chi connectivity index (χ0) is 11.7. The second-order valence-corrected chi connectivity index (χ2v) is 1.95. The molecule has 0 amide bonds. The Hall–Kier alpha value is -0.450. The lowest BCUT2D eigenvalue weighted by molar-refractivity contribution is -0.114. The van der Waals surface area contributed by atoms with E-state index < -0.39 is 0 Å². The molecule has 0 aromatic rings. The molecule has 0 saturated heterocycles. The zero-order valence-electron chi connectivity index (χ0n) is 9.37. The maximum atomic E-state index is 9.44. The molecule has 0 radical (unpaired) electrons. The van der Waals surface area contributed by atoms with Gasteiger partial charge in [0.1, 0.15) is 5.78 Å². The molecule has 84 valence electrons. The van der Waals surface area contributed by atoms with E-state index >= 15 is 0 Å². The van der Waals surface area contributed by atoms with E-state index in [0.29, 0.717) is 6.61 Å². The standard InChI is InChI=1S/C3H6O.C3H8O.C2H6O.CH4O/c1-3(2)4;1-2-3-4;1-2-3;1-2/h1-2H3;4H,2-3H2,1H3;3H,2H2,1H3;2H,1H3. The highest BCUT2D eigenvalue weighted by Gasteiger charge is 1.62. The molecule has 0 saturated carbocycles. The first-order valence-electron chi connectivity index (χ1n) is 4.20. The first kappa shape index (κ1) is 22.9.